The Morgan fingerprint density at radius 1 is 1.15 bits per heavy atom. The quantitative estimate of drug-likeness (QED) is 0.318. The lowest BCUT2D eigenvalue weighted by molar-refractivity contribution is 0.348. The number of pyridine rings is 2. The third-order valence-electron chi connectivity index (χ3n) is 7.52. The zero-order chi connectivity index (χ0) is 27.3. The summed E-state index contributed by atoms with van der Waals surface area (Å²) in [6, 6.07) is 9.32. The number of nitrogens with one attached hydrogen (secondary N) is 2. The van der Waals surface area contributed by atoms with Crippen molar-refractivity contribution in [2.75, 3.05) is 18.4 Å². The summed E-state index contributed by atoms with van der Waals surface area (Å²) in [6.45, 7) is 3.84. The molecule has 1 aliphatic heterocycles. The Hall–Kier alpha value is -4.20. The highest BCUT2D eigenvalue weighted by Crippen LogP contribution is 2.36. The van der Waals surface area contributed by atoms with Gasteiger partial charge in [0, 0.05) is 48.1 Å². The molecule has 0 radical (unpaired) electrons. The lowest BCUT2D eigenvalue weighted by Gasteiger charge is -2.24. The van der Waals surface area contributed by atoms with Gasteiger partial charge in [-0.25, -0.2) is 9.67 Å². The molecule has 1 fully saturated rings. The molecule has 2 N–H and O–H groups in total. The monoisotopic (exact) mass is 541 g/mol. The highest BCUT2D eigenvalue weighted by Gasteiger charge is 2.24. The maximum atomic E-state index is 13.7. The Bertz CT molecular complexity index is 1820. The molecule has 6 rings (SSSR count). The smallest absolute Gasteiger partial charge is 0.259 e. The summed E-state index contributed by atoms with van der Waals surface area (Å²) in [5, 5.41) is 28.4. The van der Waals surface area contributed by atoms with E-state index in [-0.39, 0.29) is 17.6 Å². The van der Waals surface area contributed by atoms with E-state index in [0.717, 1.165) is 59.2 Å². The molecule has 1 atom stereocenters. The van der Waals surface area contributed by atoms with Crippen molar-refractivity contribution in [3.05, 3.63) is 69.5 Å². The Balaban J connectivity index is 1.53. The molecule has 11 heteroatoms. The molecule has 198 valence electrons. The van der Waals surface area contributed by atoms with Crippen LogP contribution in [0.25, 0.3) is 33.1 Å². The van der Waals surface area contributed by atoms with Gasteiger partial charge in [0.05, 0.1) is 41.4 Å². The Morgan fingerprint density at radius 2 is 1.95 bits per heavy atom. The number of fused-ring (bicyclic) bond motifs is 3. The van der Waals surface area contributed by atoms with Crippen molar-refractivity contribution in [3.63, 3.8) is 0 Å². The molecular formula is C28H28ClN9O. The van der Waals surface area contributed by atoms with Crippen molar-refractivity contribution in [1.82, 2.24) is 34.4 Å². The highest BCUT2D eigenvalue weighted by molar-refractivity contribution is 6.29. The molecule has 10 nitrogen and oxygen atoms in total. The van der Waals surface area contributed by atoms with Gasteiger partial charge in [0.15, 0.2) is 0 Å². The lowest BCUT2D eigenvalue weighted by Crippen LogP contribution is -2.31. The molecule has 39 heavy (non-hydrogen) atoms. The van der Waals surface area contributed by atoms with Crippen molar-refractivity contribution in [3.8, 4) is 17.3 Å². The lowest BCUT2D eigenvalue weighted by atomic mass is 9.95. The van der Waals surface area contributed by atoms with Gasteiger partial charge in [0.2, 0.25) is 0 Å². The van der Waals surface area contributed by atoms with E-state index < -0.39 is 0 Å². The molecule has 0 amide bonds. The number of rotatable bonds is 5. The average Bonchev–Trinajstić information content (AvgIpc) is 3.59. The van der Waals surface area contributed by atoms with Gasteiger partial charge in [-0.05, 0) is 62.7 Å². The first-order valence-corrected chi connectivity index (χ1v) is 13.3. The molecule has 4 aromatic heterocycles. The van der Waals surface area contributed by atoms with Gasteiger partial charge in [-0.2, -0.15) is 15.5 Å². The van der Waals surface area contributed by atoms with E-state index in [4.69, 9.17) is 16.7 Å². The van der Waals surface area contributed by atoms with Crippen LogP contribution in [-0.2, 0) is 14.1 Å². The molecule has 0 spiro atoms. The van der Waals surface area contributed by atoms with Gasteiger partial charge in [-0.1, -0.05) is 11.6 Å². The third kappa shape index (κ3) is 4.33. The predicted molar refractivity (Wildman–Crippen MR) is 152 cm³/mol. The fourth-order valence-corrected chi connectivity index (χ4v) is 5.78. The molecule has 0 bridgehead atoms. The average molecular weight is 542 g/mol. The van der Waals surface area contributed by atoms with Crippen LogP contribution in [0.1, 0.15) is 43.0 Å². The molecule has 1 aromatic carbocycles. The normalized spacial score (nSPS) is 15.1. The Labute approximate surface area is 229 Å². The van der Waals surface area contributed by atoms with Crippen molar-refractivity contribution in [2.24, 2.45) is 14.1 Å². The van der Waals surface area contributed by atoms with E-state index in [2.05, 4.69) is 26.8 Å². The summed E-state index contributed by atoms with van der Waals surface area (Å²) in [4.78, 5) is 18.3. The standard InChI is InChI=1S/C28H28ClN9O/c1-16(34-23-4-5-24(29)35-26(23)18-13-32-36(2)15-18)20-10-17(12-30)11-21-25(20)22-14-33-38(19-6-8-31-9-7-19)27(22)37(3)28(21)39/h4-5,10-11,13-16,19,31,34H,6-9H2,1-3H3. The topological polar surface area (TPSA) is 118 Å². The van der Waals surface area contributed by atoms with Crippen LogP contribution in [0.3, 0.4) is 0 Å². The van der Waals surface area contributed by atoms with Crippen LogP contribution in [0.5, 0.6) is 0 Å². The van der Waals surface area contributed by atoms with Gasteiger partial charge < -0.3 is 10.6 Å². The molecule has 0 saturated carbocycles. The largest absolute Gasteiger partial charge is 0.377 e. The maximum absolute atomic E-state index is 13.7. The minimum Gasteiger partial charge on any atom is -0.377 e. The van der Waals surface area contributed by atoms with Crippen LogP contribution < -0.4 is 16.2 Å². The summed E-state index contributed by atoms with van der Waals surface area (Å²) in [6.07, 6.45) is 7.36. The van der Waals surface area contributed by atoms with Gasteiger partial charge >= 0.3 is 0 Å². The summed E-state index contributed by atoms with van der Waals surface area (Å²) in [7, 11) is 3.63. The van der Waals surface area contributed by atoms with E-state index in [9.17, 15) is 10.1 Å². The first kappa shape index (κ1) is 25.1. The van der Waals surface area contributed by atoms with Gasteiger partial charge in [-0.15, -0.1) is 0 Å². The number of anilines is 1. The fourth-order valence-electron chi connectivity index (χ4n) is 5.63. The first-order chi connectivity index (χ1) is 18.9. The molecule has 1 aliphatic rings. The van der Waals surface area contributed by atoms with Crippen molar-refractivity contribution >= 4 is 39.1 Å². The summed E-state index contributed by atoms with van der Waals surface area (Å²) in [5.41, 5.74) is 4.16. The number of halogens is 1. The molecule has 5 heterocycles. The predicted octanol–water partition coefficient (Wildman–Crippen LogP) is 4.31. The number of aryl methyl sites for hydroxylation is 2. The van der Waals surface area contributed by atoms with E-state index in [1.54, 1.807) is 34.6 Å². The van der Waals surface area contributed by atoms with Crippen molar-refractivity contribution < 1.29 is 0 Å². The zero-order valence-corrected chi connectivity index (χ0v) is 22.7. The van der Waals surface area contributed by atoms with Gasteiger partial charge in [0.25, 0.3) is 5.56 Å². The number of hydrogen-bond donors (Lipinski definition) is 2. The van der Waals surface area contributed by atoms with Crippen molar-refractivity contribution in [2.45, 2.75) is 31.8 Å². The van der Waals surface area contributed by atoms with Crippen LogP contribution in [0, 0.1) is 11.3 Å². The van der Waals surface area contributed by atoms with Crippen LogP contribution in [-0.4, -0.2) is 42.2 Å². The SMILES string of the molecule is CC(Nc1ccc(Cl)nc1-c1cnn(C)c1)c1cc(C#N)cc2c(=O)n(C)c3c(cnn3C3CCNCC3)c12. The zero-order valence-electron chi connectivity index (χ0n) is 21.9. The number of aromatic nitrogens is 6. The molecule has 1 saturated heterocycles. The number of nitrogens with zero attached hydrogens (tertiary/aromatic N) is 7. The number of benzene rings is 1. The van der Waals surface area contributed by atoms with E-state index >= 15 is 0 Å². The van der Waals surface area contributed by atoms with Crippen LogP contribution >= 0.6 is 11.6 Å². The Kier molecular flexibility index (Phi) is 6.33. The van der Waals surface area contributed by atoms with E-state index in [1.165, 1.54) is 0 Å². The molecule has 1 unspecified atom stereocenters. The maximum Gasteiger partial charge on any atom is 0.259 e. The van der Waals surface area contributed by atoms with E-state index in [1.807, 2.05) is 43.2 Å². The van der Waals surface area contributed by atoms with Gasteiger partial charge in [-0.3, -0.25) is 14.0 Å². The second kappa shape index (κ2) is 9.84. The van der Waals surface area contributed by atoms with Crippen LogP contribution in [0.15, 0.2) is 47.7 Å². The molecule has 0 aliphatic carbocycles. The first-order valence-electron chi connectivity index (χ1n) is 12.9. The summed E-state index contributed by atoms with van der Waals surface area (Å²) >= 11 is 6.26. The van der Waals surface area contributed by atoms with Crippen molar-refractivity contribution in [1.29, 1.82) is 5.26 Å². The van der Waals surface area contributed by atoms with Crippen LogP contribution in [0.4, 0.5) is 5.69 Å². The Morgan fingerprint density at radius 3 is 2.67 bits per heavy atom. The second-order valence-electron chi connectivity index (χ2n) is 10.1. The molecular weight excluding hydrogens is 514 g/mol. The highest BCUT2D eigenvalue weighted by atomic mass is 35.5. The number of hydrogen-bond acceptors (Lipinski definition) is 7. The fraction of sp³-hybridized carbons (Fsp3) is 0.321. The summed E-state index contributed by atoms with van der Waals surface area (Å²) in [5.74, 6) is 0. The van der Waals surface area contributed by atoms with Crippen LogP contribution in [0.2, 0.25) is 5.15 Å². The van der Waals surface area contributed by atoms with Gasteiger partial charge in [0.1, 0.15) is 10.8 Å². The molecule has 5 aromatic rings. The third-order valence-corrected chi connectivity index (χ3v) is 7.73. The summed E-state index contributed by atoms with van der Waals surface area (Å²) < 4.78 is 5.38. The number of piperidine rings is 1. The minimum absolute atomic E-state index is 0.150. The van der Waals surface area contributed by atoms with E-state index in [0.29, 0.717) is 21.8 Å². The minimum atomic E-state index is -0.281. The number of nitriles is 1. The second-order valence-corrected chi connectivity index (χ2v) is 10.5.